The van der Waals surface area contributed by atoms with Crippen LogP contribution in [0.4, 0.5) is 0 Å². The van der Waals surface area contributed by atoms with Crippen LogP contribution in [0.15, 0.2) is 0 Å². The molecule has 0 rings (SSSR count). The van der Waals surface area contributed by atoms with Gasteiger partial charge in [0, 0.05) is 19.4 Å². The van der Waals surface area contributed by atoms with E-state index in [0.29, 0.717) is 0 Å². The minimum Gasteiger partial charge on any atom is -0.396 e. The van der Waals surface area contributed by atoms with Crippen LogP contribution in [-0.4, -0.2) is 43.1 Å². The molecule has 0 aromatic heterocycles. The lowest BCUT2D eigenvalue weighted by molar-refractivity contribution is -0.208. The Hall–Kier alpha value is -0.700. The first-order chi connectivity index (χ1) is 6.78. The van der Waals surface area contributed by atoms with Crippen LogP contribution in [0.2, 0.25) is 0 Å². The number of aliphatic hydroxyl groups is 2. The van der Waals surface area contributed by atoms with E-state index in [2.05, 4.69) is 9.22 Å². The predicted octanol–water partition coefficient (Wildman–Crippen LogP) is -1.20. The van der Waals surface area contributed by atoms with Crippen molar-refractivity contribution in [3.8, 4) is 0 Å². The Balaban J connectivity index is 4.20. The molecule has 90 valence electrons. The number of hydrogen-bond donors (Lipinski definition) is 2. The average Bonchev–Trinajstić information content (AvgIpc) is 2.13. The fraction of sp³-hybridized carbons (Fsp3) is 0.857. The van der Waals surface area contributed by atoms with E-state index < -0.39 is 33.9 Å². The summed E-state index contributed by atoms with van der Waals surface area (Å²) in [4.78, 5) is 14.1. The van der Waals surface area contributed by atoms with Crippen molar-refractivity contribution in [1.29, 1.82) is 0 Å². The van der Waals surface area contributed by atoms with Gasteiger partial charge < -0.3 is 10.2 Å². The molecular weight excluding hydrogens is 228 g/mol. The Kier molecular flexibility index (Phi) is 5.73. The van der Waals surface area contributed by atoms with Gasteiger partial charge in [-0.3, -0.25) is 4.89 Å². The van der Waals surface area contributed by atoms with Gasteiger partial charge in [0.2, 0.25) is 0 Å². The molecule has 0 aromatic rings. The van der Waals surface area contributed by atoms with Crippen molar-refractivity contribution in [3.05, 3.63) is 0 Å². The summed E-state index contributed by atoms with van der Waals surface area (Å²) in [5, 5.41) is 17.9. The molecule has 0 radical (unpaired) electrons. The Labute approximate surface area is 87.7 Å². The van der Waals surface area contributed by atoms with Crippen LogP contribution in [-0.2, 0) is 24.1 Å². The zero-order chi connectivity index (χ0) is 12.1. The summed E-state index contributed by atoms with van der Waals surface area (Å²) in [5.74, 6) is -2.27. The molecule has 0 aliphatic carbocycles. The van der Waals surface area contributed by atoms with Crippen LogP contribution in [0.5, 0.6) is 0 Å². The van der Waals surface area contributed by atoms with Crippen molar-refractivity contribution in [3.63, 3.8) is 0 Å². The van der Waals surface area contributed by atoms with E-state index in [1.807, 2.05) is 0 Å². The molecule has 0 fully saturated rings. The van der Waals surface area contributed by atoms with E-state index in [0.717, 1.165) is 6.92 Å². The second kappa shape index (κ2) is 6.01. The molecule has 2 unspecified atom stereocenters. The molecule has 0 bridgehead atoms. The van der Waals surface area contributed by atoms with Crippen LogP contribution >= 0.6 is 0 Å². The minimum atomic E-state index is -4.14. The maximum atomic E-state index is 11.0. The van der Waals surface area contributed by atoms with Gasteiger partial charge in [-0.25, -0.2) is 4.79 Å². The highest BCUT2D eigenvalue weighted by molar-refractivity contribution is 7.86. The highest BCUT2D eigenvalue weighted by Gasteiger charge is 2.24. The summed E-state index contributed by atoms with van der Waals surface area (Å²) in [6.45, 7) is 2.08. The monoisotopic (exact) mass is 242 g/mol. The third kappa shape index (κ3) is 6.39. The smallest absolute Gasteiger partial charge is 0.340 e. The molecule has 0 heterocycles. The second-order valence-corrected chi connectivity index (χ2v) is 4.68. The molecule has 0 aliphatic rings. The Morgan fingerprint density at radius 1 is 1.47 bits per heavy atom. The van der Waals surface area contributed by atoms with E-state index in [1.165, 1.54) is 6.92 Å². The van der Waals surface area contributed by atoms with Gasteiger partial charge in [-0.1, -0.05) is 11.3 Å². The van der Waals surface area contributed by atoms with Gasteiger partial charge in [-0.2, -0.15) is 8.42 Å². The predicted molar refractivity (Wildman–Crippen MR) is 48.9 cm³/mol. The highest BCUT2D eigenvalue weighted by Crippen LogP contribution is 2.06. The maximum Gasteiger partial charge on any atom is 0.340 e. The summed E-state index contributed by atoms with van der Waals surface area (Å²) < 4.78 is 25.9. The van der Waals surface area contributed by atoms with Gasteiger partial charge >= 0.3 is 16.1 Å². The van der Waals surface area contributed by atoms with E-state index in [9.17, 15) is 18.3 Å². The third-order valence-electron chi connectivity index (χ3n) is 1.57. The molecule has 0 spiro atoms. The number of aliphatic hydroxyl groups excluding tert-OH is 2. The fourth-order valence-corrected chi connectivity index (χ4v) is 1.62. The van der Waals surface area contributed by atoms with Gasteiger partial charge in [0.25, 0.3) is 0 Å². The zero-order valence-electron chi connectivity index (χ0n) is 8.41. The third-order valence-corrected chi connectivity index (χ3v) is 2.60. The van der Waals surface area contributed by atoms with Gasteiger partial charge in [-0.05, 0) is 0 Å². The SMILES string of the molecule is CC(=O)OOS(=O)(=O)CC(O)C(C)CO. The first-order valence-corrected chi connectivity index (χ1v) is 5.74. The maximum absolute atomic E-state index is 11.0. The second-order valence-electron chi connectivity index (χ2n) is 3.09. The largest absolute Gasteiger partial charge is 0.396 e. The summed E-state index contributed by atoms with van der Waals surface area (Å²) >= 11 is 0. The molecule has 2 atom stereocenters. The molecule has 0 saturated carbocycles. The van der Waals surface area contributed by atoms with Gasteiger partial charge in [0.15, 0.2) is 0 Å². The molecule has 0 aliphatic heterocycles. The molecule has 0 aromatic carbocycles. The lowest BCUT2D eigenvalue weighted by Gasteiger charge is -2.15. The van der Waals surface area contributed by atoms with Gasteiger partial charge in [0.05, 0.1) is 6.10 Å². The van der Waals surface area contributed by atoms with E-state index in [-0.39, 0.29) is 6.61 Å². The zero-order valence-corrected chi connectivity index (χ0v) is 9.23. The van der Waals surface area contributed by atoms with Crippen LogP contribution in [0.25, 0.3) is 0 Å². The fourth-order valence-electron chi connectivity index (χ4n) is 0.623. The molecule has 15 heavy (non-hydrogen) atoms. The quantitative estimate of drug-likeness (QED) is 0.444. The van der Waals surface area contributed by atoms with Crippen molar-refractivity contribution >= 4 is 16.1 Å². The summed E-state index contributed by atoms with van der Waals surface area (Å²) in [6, 6.07) is 0. The van der Waals surface area contributed by atoms with Crippen molar-refractivity contribution < 1.29 is 32.6 Å². The van der Waals surface area contributed by atoms with Crippen LogP contribution in [0.3, 0.4) is 0 Å². The van der Waals surface area contributed by atoms with Gasteiger partial charge in [0.1, 0.15) is 5.75 Å². The van der Waals surface area contributed by atoms with Crippen molar-refractivity contribution in [2.45, 2.75) is 20.0 Å². The molecule has 0 amide bonds. The number of carbonyl (C=O) groups excluding carboxylic acids is 1. The molecular formula is C7H14O7S. The number of carbonyl (C=O) groups is 1. The highest BCUT2D eigenvalue weighted by atomic mass is 32.2. The molecule has 0 saturated heterocycles. The van der Waals surface area contributed by atoms with E-state index in [1.54, 1.807) is 0 Å². The van der Waals surface area contributed by atoms with Gasteiger partial charge in [-0.15, -0.1) is 0 Å². The van der Waals surface area contributed by atoms with E-state index >= 15 is 0 Å². The van der Waals surface area contributed by atoms with E-state index in [4.69, 9.17) is 5.11 Å². The Morgan fingerprint density at radius 2 is 2.00 bits per heavy atom. The first kappa shape index (κ1) is 14.3. The van der Waals surface area contributed by atoms with Crippen LogP contribution in [0, 0.1) is 5.92 Å². The van der Waals surface area contributed by atoms with Crippen LogP contribution in [0.1, 0.15) is 13.8 Å². The topological polar surface area (TPSA) is 110 Å². The summed E-state index contributed by atoms with van der Waals surface area (Å²) in [6.07, 6.45) is -1.28. The average molecular weight is 242 g/mol. The number of hydrogen-bond acceptors (Lipinski definition) is 7. The summed E-state index contributed by atoms with van der Waals surface area (Å²) in [7, 11) is -4.14. The standard InChI is InChI=1S/C7H14O7S/c1-5(3-8)7(10)4-15(11,12)14-13-6(2)9/h5,7-8,10H,3-4H2,1-2H3. The van der Waals surface area contributed by atoms with Crippen molar-refractivity contribution in [2.24, 2.45) is 5.92 Å². The normalized spacial score (nSPS) is 15.7. The summed E-state index contributed by atoms with van der Waals surface area (Å²) in [5.41, 5.74) is 0. The number of rotatable bonds is 6. The van der Waals surface area contributed by atoms with Crippen molar-refractivity contribution in [2.75, 3.05) is 12.4 Å². The van der Waals surface area contributed by atoms with Crippen molar-refractivity contribution in [1.82, 2.24) is 0 Å². The molecule has 8 heteroatoms. The van der Waals surface area contributed by atoms with Crippen LogP contribution < -0.4 is 0 Å². The lowest BCUT2D eigenvalue weighted by atomic mass is 10.1. The molecule has 2 N–H and O–H groups in total. The first-order valence-electron chi connectivity index (χ1n) is 4.17. The molecule has 7 nitrogen and oxygen atoms in total. The Bertz CT molecular complexity index is 296. The minimum absolute atomic E-state index is 0.357. The Morgan fingerprint density at radius 3 is 2.40 bits per heavy atom. The lowest BCUT2D eigenvalue weighted by Crippen LogP contribution is -2.30.